The van der Waals surface area contributed by atoms with E-state index in [1.165, 1.54) is 0 Å². The van der Waals surface area contributed by atoms with Gasteiger partial charge in [0.2, 0.25) is 0 Å². The summed E-state index contributed by atoms with van der Waals surface area (Å²) < 4.78 is 0. The zero-order chi connectivity index (χ0) is 12.9. The minimum Gasteiger partial charge on any atom is -0.480 e. The number of likely N-dealkylation sites (tertiary alicyclic amines) is 1. The summed E-state index contributed by atoms with van der Waals surface area (Å²) in [4.78, 5) is 13.9. The number of hydrogen-bond acceptors (Lipinski definition) is 3. The van der Waals surface area contributed by atoms with Gasteiger partial charge >= 0.3 is 5.97 Å². The summed E-state index contributed by atoms with van der Waals surface area (Å²) in [5.41, 5.74) is -0.695. The third-order valence-electron chi connectivity index (χ3n) is 3.73. The summed E-state index contributed by atoms with van der Waals surface area (Å²) >= 11 is 0. The zero-order valence-corrected chi connectivity index (χ0v) is 11.3. The van der Waals surface area contributed by atoms with Crippen molar-refractivity contribution in [2.75, 3.05) is 19.6 Å². The van der Waals surface area contributed by atoms with Gasteiger partial charge in [-0.05, 0) is 52.6 Å². The fourth-order valence-electron chi connectivity index (χ4n) is 2.50. The smallest absolute Gasteiger partial charge is 0.323 e. The van der Waals surface area contributed by atoms with Gasteiger partial charge in [0.05, 0.1) is 0 Å². The van der Waals surface area contributed by atoms with E-state index >= 15 is 0 Å². The molecule has 2 N–H and O–H groups in total. The third-order valence-corrected chi connectivity index (χ3v) is 3.73. The maximum absolute atomic E-state index is 11.5. The van der Waals surface area contributed by atoms with Gasteiger partial charge in [0, 0.05) is 12.6 Å². The fourth-order valence-corrected chi connectivity index (χ4v) is 2.50. The van der Waals surface area contributed by atoms with Crippen LogP contribution in [-0.4, -0.2) is 47.2 Å². The lowest BCUT2D eigenvalue weighted by molar-refractivity contribution is -0.145. The van der Waals surface area contributed by atoms with E-state index in [9.17, 15) is 9.90 Å². The molecule has 1 saturated heterocycles. The van der Waals surface area contributed by atoms with Crippen molar-refractivity contribution in [1.29, 1.82) is 0 Å². The Morgan fingerprint density at radius 2 is 2.12 bits per heavy atom. The molecule has 0 amide bonds. The van der Waals surface area contributed by atoms with Crippen LogP contribution in [0.3, 0.4) is 0 Å². The molecule has 0 aromatic carbocycles. The van der Waals surface area contributed by atoms with Crippen LogP contribution < -0.4 is 5.32 Å². The lowest BCUT2D eigenvalue weighted by atomic mass is 9.90. The van der Waals surface area contributed by atoms with E-state index in [1.807, 2.05) is 0 Å². The maximum atomic E-state index is 11.5. The molecule has 0 bridgehead atoms. The second-order valence-electron chi connectivity index (χ2n) is 5.30. The number of hydrogen-bond donors (Lipinski definition) is 2. The Hall–Kier alpha value is -0.610. The van der Waals surface area contributed by atoms with Gasteiger partial charge in [0.25, 0.3) is 0 Å². The van der Waals surface area contributed by atoms with Crippen LogP contribution >= 0.6 is 0 Å². The largest absolute Gasteiger partial charge is 0.480 e. The first-order valence-electron chi connectivity index (χ1n) is 6.74. The van der Waals surface area contributed by atoms with Gasteiger partial charge in [0.1, 0.15) is 5.54 Å². The van der Waals surface area contributed by atoms with Crippen LogP contribution in [0.25, 0.3) is 0 Å². The molecule has 17 heavy (non-hydrogen) atoms. The Labute approximate surface area is 104 Å². The normalized spacial score (nSPS) is 27.1. The SMILES string of the molecule is CCCNC1(C(=O)O)CCCN(C(C)C)CC1. The second-order valence-corrected chi connectivity index (χ2v) is 5.30. The average molecular weight is 242 g/mol. The van der Waals surface area contributed by atoms with Gasteiger partial charge in [0.15, 0.2) is 0 Å². The van der Waals surface area contributed by atoms with Crippen molar-refractivity contribution in [2.24, 2.45) is 0 Å². The minimum absolute atomic E-state index is 0.505. The van der Waals surface area contributed by atoms with Gasteiger partial charge in [-0.2, -0.15) is 0 Å². The number of carbonyl (C=O) groups is 1. The van der Waals surface area contributed by atoms with Crippen LogP contribution in [0.5, 0.6) is 0 Å². The number of nitrogens with zero attached hydrogens (tertiary/aromatic N) is 1. The molecular weight excluding hydrogens is 216 g/mol. The van der Waals surface area contributed by atoms with Gasteiger partial charge in [-0.15, -0.1) is 0 Å². The van der Waals surface area contributed by atoms with Crippen molar-refractivity contribution < 1.29 is 9.90 Å². The lowest BCUT2D eigenvalue weighted by Gasteiger charge is -2.30. The summed E-state index contributed by atoms with van der Waals surface area (Å²) in [6, 6.07) is 0.505. The van der Waals surface area contributed by atoms with Crippen LogP contribution in [0.1, 0.15) is 46.5 Å². The van der Waals surface area contributed by atoms with Crippen LogP contribution in [0.15, 0.2) is 0 Å². The third kappa shape index (κ3) is 3.68. The monoisotopic (exact) mass is 242 g/mol. The van der Waals surface area contributed by atoms with E-state index in [2.05, 4.69) is 31.0 Å². The predicted molar refractivity (Wildman–Crippen MR) is 69.2 cm³/mol. The van der Waals surface area contributed by atoms with E-state index in [1.54, 1.807) is 0 Å². The molecule has 100 valence electrons. The van der Waals surface area contributed by atoms with Crippen LogP contribution in [-0.2, 0) is 4.79 Å². The van der Waals surface area contributed by atoms with Crippen molar-refractivity contribution in [2.45, 2.75) is 58.0 Å². The Kier molecular flexibility index (Phi) is 5.40. The molecule has 0 aromatic heterocycles. The molecule has 0 spiro atoms. The van der Waals surface area contributed by atoms with Crippen molar-refractivity contribution >= 4 is 5.97 Å². The molecule has 0 radical (unpaired) electrons. The van der Waals surface area contributed by atoms with Crippen LogP contribution in [0, 0.1) is 0 Å². The standard InChI is InChI=1S/C13H26N2O2/c1-4-8-14-13(12(16)17)6-5-9-15(10-7-13)11(2)3/h11,14H,4-10H2,1-3H3,(H,16,17). The molecule has 1 unspecified atom stereocenters. The summed E-state index contributed by atoms with van der Waals surface area (Å²) in [5, 5.41) is 12.7. The average Bonchev–Trinajstić information content (AvgIpc) is 2.49. The molecule has 1 aliphatic heterocycles. The van der Waals surface area contributed by atoms with Crippen molar-refractivity contribution in [3.63, 3.8) is 0 Å². The Bertz CT molecular complexity index is 256. The molecule has 1 atom stereocenters. The summed E-state index contributed by atoms with van der Waals surface area (Å²) in [5.74, 6) is -0.684. The van der Waals surface area contributed by atoms with E-state index in [-0.39, 0.29) is 0 Å². The van der Waals surface area contributed by atoms with Gasteiger partial charge in [-0.1, -0.05) is 6.92 Å². The molecule has 0 aliphatic carbocycles. The first-order chi connectivity index (χ1) is 8.02. The number of nitrogens with one attached hydrogen (secondary N) is 1. The number of aliphatic carboxylic acids is 1. The Morgan fingerprint density at radius 1 is 1.41 bits per heavy atom. The van der Waals surface area contributed by atoms with Gasteiger partial charge in [-0.25, -0.2) is 0 Å². The zero-order valence-electron chi connectivity index (χ0n) is 11.3. The predicted octanol–water partition coefficient (Wildman–Crippen LogP) is 1.70. The molecule has 4 nitrogen and oxygen atoms in total. The number of carboxylic acid groups (broad SMARTS) is 1. The highest BCUT2D eigenvalue weighted by atomic mass is 16.4. The molecule has 1 fully saturated rings. The highest BCUT2D eigenvalue weighted by Crippen LogP contribution is 2.24. The van der Waals surface area contributed by atoms with E-state index in [4.69, 9.17) is 0 Å². The molecule has 1 aliphatic rings. The molecule has 0 aromatic rings. The quantitative estimate of drug-likeness (QED) is 0.770. The maximum Gasteiger partial charge on any atom is 0.323 e. The van der Waals surface area contributed by atoms with Crippen molar-refractivity contribution in [1.82, 2.24) is 10.2 Å². The number of rotatable bonds is 5. The molecule has 1 rings (SSSR count). The van der Waals surface area contributed by atoms with Crippen molar-refractivity contribution in [3.8, 4) is 0 Å². The Balaban J connectivity index is 2.69. The molecule has 1 heterocycles. The fraction of sp³-hybridized carbons (Fsp3) is 0.923. The highest BCUT2D eigenvalue weighted by Gasteiger charge is 2.39. The summed E-state index contributed by atoms with van der Waals surface area (Å²) in [6.45, 7) is 9.09. The Morgan fingerprint density at radius 3 is 2.65 bits per heavy atom. The molecule has 4 heteroatoms. The van der Waals surface area contributed by atoms with E-state index in [0.717, 1.165) is 38.9 Å². The van der Waals surface area contributed by atoms with Gasteiger partial charge in [-0.3, -0.25) is 4.79 Å². The summed E-state index contributed by atoms with van der Waals surface area (Å²) in [6.07, 6.45) is 3.39. The lowest BCUT2D eigenvalue weighted by Crippen LogP contribution is -2.53. The molecular formula is C13H26N2O2. The molecule has 0 saturated carbocycles. The summed E-state index contributed by atoms with van der Waals surface area (Å²) in [7, 11) is 0. The first-order valence-corrected chi connectivity index (χ1v) is 6.74. The van der Waals surface area contributed by atoms with Crippen LogP contribution in [0.2, 0.25) is 0 Å². The van der Waals surface area contributed by atoms with Crippen LogP contribution in [0.4, 0.5) is 0 Å². The van der Waals surface area contributed by atoms with E-state index in [0.29, 0.717) is 12.5 Å². The topological polar surface area (TPSA) is 52.6 Å². The van der Waals surface area contributed by atoms with Gasteiger partial charge < -0.3 is 15.3 Å². The van der Waals surface area contributed by atoms with E-state index < -0.39 is 11.5 Å². The minimum atomic E-state index is -0.695. The second kappa shape index (κ2) is 6.36. The highest BCUT2D eigenvalue weighted by molar-refractivity contribution is 5.78. The first kappa shape index (κ1) is 14.5. The van der Waals surface area contributed by atoms with Crippen molar-refractivity contribution in [3.05, 3.63) is 0 Å². The number of carboxylic acids is 1.